The molecule has 27 heavy (non-hydrogen) atoms. The summed E-state index contributed by atoms with van der Waals surface area (Å²) in [7, 11) is -3.94. The van der Waals surface area contributed by atoms with Gasteiger partial charge in [0, 0.05) is 17.0 Å². The fraction of sp³-hybridized carbons (Fsp3) is 0.118. The fourth-order valence-corrected chi connectivity index (χ4v) is 4.04. The molecule has 3 aromatic rings. The number of nitro groups is 1. The van der Waals surface area contributed by atoms with Gasteiger partial charge in [-0.15, -0.1) is 11.3 Å². The van der Waals surface area contributed by atoms with Crippen LogP contribution in [0.5, 0.6) is 5.75 Å². The van der Waals surface area contributed by atoms with E-state index in [4.69, 9.17) is 4.74 Å². The van der Waals surface area contributed by atoms with Gasteiger partial charge in [-0.2, -0.15) is 0 Å². The molecule has 0 saturated heterocycles. The second-order valence-corrected chi connectivity index (χ2v) is 7.98. The summed E-state index contributed by atoms with van der Waals surface area (Å²) in [6, 6.07) is 10.3. The van der Waals surface area contributed by atoms with Gasteiger partial charge in [-0.3, -0.25) is 14.8 Å². The van der Waals surface area contributed by atoms with Crippen molar-refractivity contribution in [2.75, 3.05) is 4.72 Å². The summed E-state index contributed by atoms with van der Waals surface area (Å²) >= 11 is 1.44. The van der Waals surface area contributed by atoms with Gasteiger partial charge in [0.1, 0.15) is 12.4 Å². The van der Waals surface area contributed by atoms with Gasteiger partial charge in [-0.1, -0.05) is 12.1 Å². The number of ether oxygens (including phenoxy) is 1. The van der Waals surface area contributed by atoms with Gasteiger partial charge in [0.15, 0.2) is 0 Å². The molecule has 0 atom stereocenters. The minimum Gasteiger partial charge on any atom is -0.485 e. The monoisotopic (exact) mass is 405 g/mol. The van der Waals surface area contributed by atoms with E-state index < -0.39 is 14.9 Å². The molecule has 0 aliphatic rings. The van der Waals surface area contributed by atoms with Crippen LogP contribution < -0.4 is 9.46 Å². The van der Waals surface area contributed by atoms with Crippen LogP contribution in [0.2, 0.25) is 0 Å². The number of rotatable bonds is 7. The molecule has 0 fully saturated rings. The first-order valence-corrected chi connectivity index (χ1v) is 10.2. The van der Waals surface area contributed by atoms with Gasteiger partial charge >= 0.3 is 0 Å². The minimum absolute atomic E-state index is 0.0695. The minimum atomic E-state index is -3.94. The smallest absolute Gasteiger partial charge is 0.272 e. The van der Waals surface area contributed by atoms with E-state index in [1.54, 1.807) is 29.8 Å². The average Bonchev–Trinajstić information content (AvgIpc) is 3.14. The molecule has 0 amide bonds. The molecule has 0 aliphatic heterocycles. The fourth-order valence-electron chi connectivity index (χ4n) is 2.34. The van der Waals surface area contributed by atoms with E-state index in [0.717, 1.165) is 5.69 Å². The first-order chi connectivity index (χ1) is 12.9. The molecular formula is C17H15N3O5S2. The van der Waals surface area contributed by atoms with Crippen molar-refractivity contribution in [1.82, 2.24) is 4.98 Å². The quantitative estimate of drug-likeness (QED) is 0.473. The number of thiazole rings is 1. The van der Waals surface area contributed by atoms with E-state index in [1.165, 1.54) is 36.5 Å². The molecule has 0 unspecified atom stereocenters. The van der Waals surface area contributed by atoms with E-state index in [2.05, 4.69) is 9.71 Å². The molecule has 2 aromatic carbocycles. The van der Waals surface area contributed by atoms with Crippen molar-refractivity contribution in [3.8, 4) is 5.75 Å². The predicted molar refractivity (Wildman–Crippen MR) is 102 cm³/mol. The summed E-state index contributed by atoms with van der Waals surface area (Å²) < 4.78 is 33.5. The Morgan fingerprint density at radius 3 is 2.70 bits per heavy atom. The van der Waals surface area contributed by atoms with E-state index in [-0.39, 0.29) is 28.4 Å². The van der Waals surface area contributed by atoms with E-state index in [0.29, 0.717) is 5.75 Å². The Morgan fingerprint density at radius 1 is 1.26 bits per heavy atom. The molecule has 0 saturated carbocycles. The van der Waals surface area contributed by atoms with Crippen molar-refractivity contribution in [1.29, 1.82) is 0 Å². The third-order valence-electron chi connectivity index (χ3n) is 3.67. The highest BCUT2D eigenvalue weighted by atomic mass is 32.2. The molecule has 0 spiro atoms. The Balaban J connectivity index is 1.83. The lowest BCUT2D eigenvalue weighted by molar-refractivity contribution is -0.385. The number of sulfonamides is 1. The zero-order valence-electron chi connectivity index (χ0n) is 14.2. The molecule has 8 nitrogen and oxygen atoms in total. The Labute approximate surface area is 159 Å². The van der Waals surface area contributed by atoms with Gasteiger partial charge in [0.05, 0.1) is 26.7 Å². The van der Waals surface area contributed by atoms with Crippen molar-refractivity contribution in [3.05, 3.63) is 74.7 Å². The van der Waals surface area contributed by atoms with Crippen molar-refractivity contribution in [2.24, 2.45) is 0 Å². The Kier molecular flexibility index (Phi) is 5.38. The van der Waals surface area contributed by atoms with Crippen molar-refractivity contribution in [3.63, 3.8) is 0 Å². The summed E-state index contributed by atoms with van der Waals surface area (Å²) in [5, 5.41) is 12.7. The lowest BCUT2D eigenvalue weighted by Gasteiger charge is -2.13. The van der Waals surface area contributed by atoms with Crippen LogP contribution in [0.25, 0.3) is 0 Å². The highest BCUT2D eigenvalue weighted by Crippen LogP contribution is 2.28. The number of nitrogens with one attached hydrogen (secondary N) is 1. The number of anilines is 1. The molecule has 0 radical (unpaired) electrons. The Bertz CT molecular complexity index is 1070. The molecule has 0 bridgehead atoms. The van der Waals surface area contributed by atoms with Crippen LogP contribution in [0.3, 0.4) is 0 Å². The molecule has 10 heteroatoms. The summed E-state index contributed by atoms with van der Waals surface area (Å²) in [6.07, 6.45) is 0. The summed E-state index contributed by atoms with van der Waals surface area (Å²) in [4.78, 5) is 14.4. The highest BCUT2D eigenvalue weighted by molar-refractivity contribution is 7.92. The number of aromatic nitrogens is 1. The lowest BCUT2D eigenvalue weighted by atomic mass is 10.2. The van der Waals surface area contributed by atoms with Crippen LogP contribution in [0, 0.1) is 17.0 Å². The Morgan fingerprint density at radius 2 is 2.04 bits per heavy atom. The maximum absolute atomic E-state index is 12.7. The molecule has 0 aliphatic carbocycles. The van der Waals surface area contributed by atoms with E-state index >= 15 is 0 Å². The van der Waals surface area contributed by atoms with E-state index in [1.807, 2.05) is 5.38 Å². The Hall–Kier alpha value is -2.98. The van der Waals surface area contributed by atoms with Crippen LogP contribution in [-0.4, -0.2) is 18.3 Å². The SMILES string of the molecule is Cc1cc(S(=O)(=O)Nc2ccccc2OCc2cscn2)ccc1[N+](=O)[O-]. The average molecular weight is 405 g/mol. The number of aryl methyl sites for hydroxylation is 1. The van der Waals surface area contributed by atoms with Crippen LogP contribution >= 0.6 is 11.3 Å². The molecular weight excluding hydrogens is 390 g/mol. The third kappa shape index (κ3) is 4.41. The molecule has 140 valence electrons. The second kappa shape index (κ2) is 7.72. The van der Waals surface area contributed by atoms with Gasteiger partial charge in [-0.25, -0.2) is 13.4 Å². The van der Waals surface area contributed by atoms with Crippen molar-refractivity contribution < 1.29 is 18.1 Å². The third-order valence-corrected chi connectivity index (χ3v) is 5.66. The van der Waals surface area contributed by atoms with Crippen LogP contribution in [0.4, 0.5) is 11.4 Å². The number of hydrogen-bond donors (Lipinski definition) is 1. The number of nitro benzene ring substituents is 1. The maximum atomic E-state index is 12.7. The molecule has 3 rings (SSSR count). The summed E-state index contributed by atoms with van der Waals surface area (Å²) in [5.74, 6) is 0.354. The normalized spacial score (nSPS) is 11.1. The largest absolute Gasteiger partial charge is 0.485 e. The summed E-state index contributed by atoms with van der Waals surface area (Å²) in [5.41, 5.74) is 2.81. The predicted octanol–water partition coefficient (Wildman–Crippen LogP) is 3.74. The van der Waals surface area contributed by atoms with Crippen molar-refractivity contribution in [2.45, 2.75) is 18.4 Å². The number of hydrogen-bond acceptors (Lipinski definition) is 7. The zero-order chi connectivity index (χ0) is 19.4. The van der Waals surface area contributed by atoms with Crippen LogP contribution in [0.1, 0.15) is 11.3 Å². The second-order valence-electron chi connectivity index (χ2n) is 5.58. The molecule has 1 N–H and O–H groups in total. The first kappa shape index (κ1) is 18.8. The topological polar surface area (TPSA) is 111 Å². The lowest BCUT2D eigenvalue weighted by Crippen LogP contribution is -2.14. The number of benzene rings is 2. The van der Waals surface area contributed by atoms with Gasteiger partial charge in [-0.05, 0) is 31.2 Å². The number of nitrogens with zero attached hydrogens (tertiary/aromatic N) is 2. The van der Waals surface area contributed by atoms with Gasteiger partial charge in [0.2, 0.25) is 0 Å². The number of para-hydroxylation sites is 2. The first-order valence-electron chi connectivity index (χ1n) is 7.73. The highest BCUT2D eigenvalue weighted by Gasteiger charge is 2.20. The van der Waals surface area contributed by atoms with Gasteiger partial charge < -0.3 is 4.74 Å². The van der Waals surface area contributed by atoms with Crippen LogP contribution in [0.15, 0.2) is 58.3 Å². The standard InChI is InChI=1S/C17H15N3O5S2/c1-12-8-14(6-7-16(12)20(21)22)27(23,24)19-15-4-2-3-5-17(15)25-9-13-10-26-11-18-13/h2-8,10-11,19H,9H2,1H3. The van der Waals surface area contributed by atoms with E-state index in [9.17, 15) is 18.5 Å². The van der Waals surface area contributed by atoms with Crippen molar-refractivity contribution >= 4 is 32.7 Å². The molecule has 1 heterocycles. The summed E-state index contributed by atoms with van der Waals surface area (Å²) in [6.45, 7) is 1.70. The zero-order valence-corrected chi connectivity index (χ0v) is 15.8. The molecule has 1 aromatic heterocycles. The van der Waals surface area contributed by atoms with Gasteiger partial charge in [0.25, 0.3) is 15.7 Å². The maximum Gasteiger partial charge on any atom is 0.272 e. The van der Waals surface area contributed by atoms with Crippen LogP contribution in [-0.2, 0) is 16.6 Å².